The van der Waals surface area contributed by atoms with Crippen LogP contribution in [0.5, 0.6) is 0 Å². The highest BCUT2D eigenvalue weighted by Crippen LogP contribution is 2.28. The van der Waals surface area contributed by atoms with Gasteiger partial charge in [0.05, 0.1) is 5.69 Å². The van der Waals surface area contributed by atoms with Gasteiger partial charge in [0.1, 0.15) is 5.69 Å². The molecule has 0 amide bonds. The predicted molar refractivity (Wildman–Crippen MR) is 88.0 cm³/mol. The third kappa shape index (κ3) is 2.73. The molecule has 0 saturated carbocycles. The average molecular weight is 307 g/mol. The molecule has 0 aliphatic heterocycles. The Morgan fingerprint density at radius 1 is 1.04 bits per heavy atom. The van der Waals surface area contributed by atoms with E-state index in [4.69, 9.17) is 0 Å². The van der Waals surface area contributed by atoms with E-state index in [1.165, 1.54) is 0 Å². The van der Waals surface area contributed by atoms with Crippen molar-refractivity contribution in [2.24, 2.45) is 0 Å². The second-order valence-corrected chi connectivity index (χ2v) is 5.66. The molecule has 5 heteroatoms. The number of nitrogens with zero attached hydrogens (tertiary/aromatic N) is 3. The Kier molecular flexibility index (Phi) is 3.70. The molecule has 0 spiro atoms. The molecule has 2 aromatic carbocycles. The zero-order chi connectivity index (χ0) is 16.6. The molecule has 0 atom stereocenters. The molecule has 1 aromatic heterocycles. The zero-order valence-corrected chi connectivity index (χ0v) is 13.2. The first-order valence-electron chi connectivity index (χ1n) is 7.31. The number of benzene rings is 2. The van der Waals surface area contributed by atoms with Crippen molar-refractivity contribution in [2.75, 3.05) is 0 Å². The lowest BCUT2D eigenvalue weighted by molar-refractivity contribution is 0.0691. The van der Waals surface area contributed by atoms with Crippen molar-refractivity contribution >= 4 is 5.97 Å². The molecule has 0 aliphatic carbocycles. The number of aryl methyl sites for hydroxylation is 3. The molecular weight excluding hydrogens is 290 g/mol. The van der Waals surface area contributed by atoms with Gasteiger partial charge in [0.25, 0.3) is 0 Å². The minimum atomic E-state index is -1.08. The Labute approximate surface area is 134 Å². The van der Waals surface area contributed by atoms with Gasteiger partial charge in [0.15, 0.2) is 5.69 Å². The van der Waals surface area contributed by atoms with Crippen molar-refractivity contribution in [3.63, 3.8) is 0 Å². The van der Waals surface area contributed by atoms with Gasteiger partial charge in [0, 0.05) is 5.56 Å². The molecule has 3 aromatic rings. The highest BCUT2D eigenvalue weighted by molar-refractivity contribution is 5.93. The summed E-state index contributed by atoms with van der Waals surface area (Å²) in [6.45, 7) is 5.94. The second-order valence-electron chi connectivity index (χ2n) is 5.66. The van der Waals surface area contributed by atoms with Crippen LogP contribution in [0.3, 0.4) is 0 Å². The van der Waals surface area contributed by atoms with Gasteiger partial charge < -0.3 is 5.11 Å². The van der Waals surface area contributed by atoms with Gasteiger partial charge in [-0.15, -0.1) is 5.10 Å². The van der Waals surface area contributed by atoms with Gasteiger partial charge in [0.2, 0.25) is 0 Å². The van der Waals surface area contributed by atoms with Crippen molar-refractivity contribution < 1.29 is 9.90 Å². The second kappa shape index (κ2) is 5.68. The first-order valence-corrected chi connectivity index (χ1v) is 7.31. The number of hydrogen-bond acceptors (Lipinski definition) is 3. The molecule has 116 valence electrons. The smallest absolute Gasteiger partial charge is 0.358 e. The molecule has 23 heavy (non-hydrogen) atoms. The van der Waals surface area contributed by atoms with Gasteiger partial charge in [-0.1, -0.05) is 35.5 Å². The summed E-state index contributed by atoms with van der Waals surface area (Å²) in [6, 6.07) is 13.6. The molecule has 1 heterocycles. The quantitative estimate of drug-likeness (QED) is 0.803. The van der Waals surface area contributed by atoms with Crippen LogP contribution in [0.1, 0.15) is 27.2 Å². The van der Waals surface area contributed by atoms with Crippen LogP contribution in [0.2, 0.25) is 0 Å². The van der Waals surface area contributed by atoms with E-state index >= 15 is 0 Å². The van der Waals surface area contributed by atoms with Crippen LogP contribution >= 0.6 is 0 Å². The van der Waals surface area contributed by atoms with Gasteiger partial charge in [-0.3, -0.25) is 0 Å². The van der Waals surface area contributed by atoms with Crippen LogP contribution in [0.15, 0.2) is 42.5 Å². The maximum Gasteiger partial charge on any atom is 0.358 e. The van der Waals surface area contributed by atoms with E-state index in [0.29, 0.717) is 5.69 Å². The van der Waals surface area contributed by atoms with E-state index in [0.717, 1.165) is 27.9 Å². The minimum Gasteiger partial charge on any atom is -0.476 e. The zero-order valence-electron chi connectivity index (χ0n) is 13.2. The largest absolute Gasteiger partial charge is 0.476 e. The van der Waals surface area contributed by atoms with Crippen LogP contribution in [0.25, 0.3) is 16.9 Å². The molecule has 1 N–H and O–H groups in total. The molecule has 0 saturated heterocycles. The van der Waals surface area contributed by atoms with E-state index in [9.17, 15) is 9.90 Å². The highest BCUT2D eigenvalue weighted by Gasteiger charge is 2.22. The van der Waals surface area contributed by atoms with E-state index in [2.05, 4.69) is 16.4 Å². The lowest BCUT2D eigenvalue weighted by atomic mass is 10.0. The average Bonchev–Trinajstić information content (AvgIpc) is 2.91. The Morgan fingerprint density at radius 2 is 1.70 bits per heavy atom. The van der Waals surface area contributed by atoms with Crippen molar-refractivity contribution in [1.82, 2.24) is 15.0 Å². The van der Waals surface area contributed by atoms with E-state index in [-0.39, 0.29) is 5.69 Å². The maximum atomic E-state index is 11.6. The van der Waals surface area contributed by atoms with Crippen LogP contribution < -0.4 is 0 Å². The van der Waals surface area contributed by atoms with E-state index in [1.54, 1.807) is 4.68 Å². The summed E-state index contributed by atoms with van der Waals surface area (Å²) in [5.74, 6) is -1.08. The highest BCUT2D eigenvalue weighted by atomic mass is 16.4. The summed E-state index contributed by atoms with van der Waals surface area (Å²) in [6.07, 6.45) is 0. The van der Waals surface area contributed by atoms with Crippen LogP contribution in [0.4, 0.5) is 0 Å². The van der Waals surface area contributed by atoms with Crippen molar-refractivity contribution in [3.05, 3.63) is 64.8 Å². The predicted octanol–water partition coefficient (Wildman–Crippen LogP) is 3.56. The van der Waals surface area contributed by atoms with Crippen LogP contribution in [0, 0.1) is 20.8 Å². The molecule has 0 bridgehead atoms. The maximum absolute atomic E-state index is 11.6. The van der Waals surface area contributed by atoms with Crippen molar-refractivity contribution in [1.29, 1.82) is 0 Å². The molecule has 0 unspecified atom stereocenters. The lowest BCUT2D eigenvalue weighted by Crippen LogP contribution is -2.04. The van der Waals surface area contributed by atoms with E-state index < -0.39 is 5.97 Å². The van der Waals surface area contributed by atoms with Gasteiger partial charge in [-0.05, 0) is 49.6 Å². The molecule has 0 fully saturated rings. The number of aromatic carboxylic acids is 1. The van der Waals surface area contributed by atoms with Gasteiger partial charge in [-0.25, -0.2) is 9.48 Å². The fourth-order valence-corrected chi connectivity index (χ4v) is 2.76. The molecule has 0 radical (unpaired) electrons. The standard InChI is InChI=1S/C18H17N3O2/c1-11-8-12(2)10-14(9-11)21-17(16(18(22)23)19-20-21)15-7-5-4-6-13(15)3/h4-10H,1-3H3,(H,22,23). The Hall–Kier alpha value is -2.95. The van der Waals surface area contributed by atoms with Gasteiger partial charge >= 0.3 is 5.97 Å². The summed E-state index contributed by atoms with van der Waals surface area (Å²) in [5.41, 5.74) is 5.23. The summed E-state index contributed by atoms with van der Waals surface area (Å²) in [4.78, 5) is 11.6. The number of rotatable bonds is 3. The third-order valence-electron chi connectivity index (χ3n) is 3.72. The van der Waals surface area contributed by atoms with E-state index in [1.807, 2.05) is 57.2 Å². The Bertz CT molecular complexity index is 877. The summed E-state index contributed by atoms with van der Waals surface area (Å²) < 4.78 is 1.60. The molecular formula is C18H17N3O2. The number of carboxylic acid groups (broad SMARTS) is 1. The van der Waals surface area contributed by atoms with Gasteiger partial charge in [-0.2, -0.15) is 0 Å². The normalized spacial score (nSPS) is 10.7. The molecule has 0 aliphatic rings. The van der Waals surface area contributed by atoms with Crippen molar-refractivity contribution in [2.45, 2.75) is 20.8 Å². The fourth-order valence-electron chi connectivity index (χ4n) is 2.76. The summed E-state index contributed by atoms with van der Waals surface area (Å²) in [5, 5.41) is 17.4. The third-order valence-corrected chi connectivity index (χ3v) is 3.72. The summed E-state index contributed by atoms with van der Waals surface area (Å²) >= 11 is 0. The lowest BCUT2D eigenvalue weighted by Gasteiger charge is -2.11. The van der Waals surface area contributed by atoms with Crippen molar-refractivity contribution in [3.8, 4) is 16.9 Å². The van der Waals surface area contributed by atoms with Crippen LogP contribution in [-0.4, -0.2) is 26.1 Å². The Balaban J connectivity index is 2.31. The monoisotopic (exact) mass is 307 g/mol. The minimum absolute atomic E-state index is 0.0431. The SMILES string of the molecule is Cc1cc(C)cc(-n2nnc(C(=O)O)c2-c2ccccc2C)c1. The number of aromatic nitrogens is 3. The molecule has 5 nitrogen and oxygen atoms in total. The fraction of sp³-hybridized carbons (Fsp3) is 0.167. The Morgan fingerprint density at radius 3 is 2.30 bits per heavy atom. The first kappa shape index (κ1) is 15.0. The first-order chi connectivity index (χ1) is 11.0. The molecule has 3 rings (SSSR count). The number of hydrogen-bond donors (Lipinski definition) is 1. The number of carboxylic acids is 1. The van der Waals surface area contributed by atoms with Crippen LogP contribution in [-0.2, 0) is 0 Å². The topological polar surface area (TPSA) is 68.0 Å². The number of carbonyl (C=O) groups is 1. The summed E-state index contributed by atoms with van der Waals surface area (Å²) in [7, 11) is 0.